The van der Waals surface area contributed by atoms with E-state index in [1.165, 1.54) is 0 Å². The molecule has 0 aliphatic carbocycles. The highest BCUT2D eigenvalue weighted by Crippen LogP contribution is 2.30. The molecule has 0 unspecified atom stereocenters. The van der Waals surface area contributed by atoms with Gasteiger partial charge in [-0.3, -0.25) is 9.78 Å². The smallest absolute Gasteiger partial charge is 0.255 e. The zero-order valence-corrected chi connectivity index (χ0v) is 18.6. The minimum atomic E-state index is 0.000748. The van der Waals surface area contributed by atoms with Gasteiger partial charge in [0.05, 0.1) is 23.9 Å². The summed E-state index contributed by atoms with van der Waals surface area (Å²) < 4.78 is 5.16. The van der Waals surface area contributed by atoms with Crippen molar-refractivity contribution in [1.29, 1.82) is 0 Å². The second-order valence-electron chi connectivity index (χ2n) is 8.10. The van der Waals surface area contributed by atoms with E-state index in [0.717, 1.165) is 59.5 Å². The Bertz CT molecular complexity index is 1300. The number of methoxy groups -OCH3 is 1. The average Bonchev–Trinajstić information content (AvgIpc) is 2.88. The molecule has 5 rings (SSSR count). The minimum Gasteiger partial charge on any atom is -0.481 e. The second-order valence-corrected chi connectivity index (χ2v) is 8.10. The Morgan fingerprint density at radius 2 is 1.70 bits per heavy atom. The third kappa shape index (κ3) is 4.25. The summed E-state index contributed by atoms with van der Waals surface area (Å²) in [5.41, 5.74) is 4.87. The Hall–Kier alpha value is -3.91. The van der Waals surface area contributed by atoms with Crippen LogP contribution in [0, 0.1) is 0 Å². The molecular weight excluding hydrogens is 416 g/mol. The number of likely N-dealkylation sites (N-methyl/N-ethyl adjacent to an activating group) is 1. The number of benzene rings is 1. The number of aromatic nitrogens is 4. The molecule has 3 aromatic heterocycles. The van der Waals surface area contributed by atoms with Gasteiger partial charge in [-0.1, -0.05) is 6.07 Å². The molecule has 1 amide bonds. The van der Waals surface area contributed by atoms with E-state index in [1.54, 1.807) is 32.0 Å². The van der Waals surface area contributed by atoms with E-state index < -0.39 is 0 Å². The first kappa shape index (κ1) is 21.0. The summed E-state index contributed by atoms with van der Waals surface area (Å²) in [7, 11) is 3.67. The van der Waals surface area contributed by atoms with E-state index in [-0.39, 0.29) is 5.91 Å². The van der Waals surface area contributed by atoms with Crippen molar-refractivity contribution >= 4 is 16.8 Å². The van der Waals surface area contributed by atoms with Crippen LogP contribution in [0.5, 0.6) is 5.88 Å². The van der Waals surface area contributed by atoms with E-state index >= 15 is 0 Å². The lowest BCUT2D eigenvalue weighted by molar-refractivity contribution is 0.0663. The molecule has 1 saturated heterocycles. The van der Waals surface area contributed by atoms with Gasteiger partial charge in [-0.05, 0) is 36.9 Å². The fraction of sp³-hybridized carbons (Fsp3) is 0.240. The molecule has 0 atom stereocenters. The molecule has 33 heavy (non-hydrogen) atoms. The monoisotopic (exact) mass is 440 g/mol. The molecule has 1 aliphatic heterocycles. The fourth-order valence-corrected chi connectivity index (χ4v) is 4.02. The Balaban J connectivity index is 1.51. The number of piperazine rings is 1. The van der Waals surface area contributed by atoms with Crippen LogP contribution in [0.3, 0.4) is 0 Å². The predicted octanol–water partition coefficient (Wildman–Crippen LogP) is 3.15. The molecule has 4 aromatic rings. The van der Waals surface area contributed by atoms with Crippen LogP contribution in [0.2, 0.25) is 0 Å². The van der Waals surface area contributed by atoms with Crippen LogP contribution in [-0.4, -0.2) is 76.0 Å². The molecule has 0 spiro atoms. The number of nitrogens with zero attached hydrogens (tertiary/aromatic N) is 6. The zero-order valence-electron chi connectivity index (χ0n) is 18.6. The van der Waals surface area contributed by atoms with E-state index in [4.69, 9.17) is 4.74 Å². The molecule has 8 heteroatoms. The molecular formula is C25H24N6O2. The van der Waals surface area contributed by atoms with Gasteiger partial charge in [-0.2, -0.15) is 0 Å². The fourth-order valence-electron chi connectivity index (χ4n) is 4.02. The van der Waals surface area contributed by atoms with Crippen molar-refractivity contribution in [1.82, 2.24) is 29.7 Å². The first-order valence-electron chi connectivity index (χ1n) is 10.8. The molecule has 166 valence electrons. The largest absolute Gasteiger partial charge is 0.481 e. The van der Waals surface area contributed by atoms with Crippen molar-refractivity contribution in [3.8, 4) is 28.3 Å². The summed E-state index contributed by atoms with van der Waals surface area (Å²) in [5, 5.41) is 0.886. The number of carbonyl (C=O) groups excluding carboxylic acids is 1. The van der Waals surface area contributed by atoms with Gasteiger partial charge < -0.3 is 14.5 Å². The van der Waals surface area contributed by atoms with Crippen LogP contribution in [0.4, 0.5) is 0 Å². The number of hydrogen-bond acceptors (Lipinski definition) is 7. The topological polar surface area (TPSA) is 84.3 Å². The van der Waals surface area contributed by atoms with E-state index in [0.29, 0.717) is 11.4 Å². The van der Waals surface area contributed by atoms with Crippen molar-refractivity contribution in [3.05, 3.63) is 66.9 Å². The van der Waals surface area contributed by atoms with Gasteiger partial charge in [0.15, 0.2) is 0 Å². The van der Waals surface area contributed by atoms with Crippen LogP contribution in [0.1, 0.15) is 10.4 Å². The van der Waals surface area contributed by atoms with Crippen molar-refractivity contribution < 1.29 is 9.53 Å². The second kappa shape index (κ2) is 8.91. The van der Waals surface area contributed by atoms with E-state index in [2.05, 4.69) is 31.9 Å². The number of carbonyl (C=O) groups is 1. The molecule has 1 aliphatic rings. The Kier molecular flexibility index (Phi) is 5.66. The highest BCUT2D eigenvalue weighted by atomic mass is 16.5. The van der Waals surface area contributed by atoms with Gasteiger partial charge in [0.2, 0.25) is 5.88 Å². The highest BCUT2D eigenvalue weighted by Gasteiger charge is 2.21. The number of fused-ring (bicyclic) bond motifs is 1. The summed E-state index contributed by atoms with van der Waals surface area (Å²) >= 11 is 0. The van der Waals surface area contributed by atoms with Crippen molar-refractivity contribution in [2.75, 3.05) is 40.3 Å². The molecule has 0 saturated carbocycles. The standard InChI is InChI=1S/C25H24N6O2/c1-30-7-9-31(10-8-30)25(32)20-11-19(13-26-14-20)24-21-12-17(3-5-22(21)28-16-29-24)18-4-6-23(33-2)27-15-18/h3-6,11-16H,7-10H2,1-2H3. The van der Waals surface area contributed by atoms with Gasteiger partial charge in [-0.25, -0.2) is 15.0 Å². The number of rotatable bonds is 4. The maximum atomic E-state index is 13.1. The molecule has 8 nitrogen and oxygen atoms in total. The molecule has 4 heterocycles. The van der Waals surface area contributed by atoms with E-state index in [1.807, 2.05) is 41.3 Å². The number of amides is 1. The third-order valence-corrected chi connectivity index (χ3v) is 5.96. The molecule has 1 aromatic carbocycles. The first-order valence-corrected chi connectivity index (χ1v) is 10.8. The van der Waals surface area contributed by atoms with Gasteiger partial charge >= 0.3 is 0 Å². The average molecular weight is 441 g/mol. The number of hydrogen-bond donors (Lipinski definition) is 0. The maximum absolute atomic E-state index is 13.1. The molecule has 1 fully saturated rings. The van der Waals surface area contributed by atoms with Crippen molar-refractivity contribution in [2.45, 2.75) is 0 Å². The SMILES string of the molecule is COc1ccc(-c2ccc3ncnc(-c4cncc(C(=O)N5CCN(C)CC5)c4)c3c2)cn1. The van der Waals surface area contributed by atoms with Crippen LogP contribution in [-0.2, 0) is 0 Å². The summed E-state index contributed by atoms with van der Waals surface area (Å²) in [6, 6.07) is 11.7. The Labute approximate surface area is 191 Å². The maximum Gasteiger partial charge on any atom is 0.255 e. The lowest BCUT2D eigenvalue weighted by atomic mass is 10.0. The quantitative estimate of drug-likeness (QED) is 0.482. The van der Waals surface area contributed by atoms with Gasteiger partial charge in [-0.15, -0.1) is 0 Å². The third-order valence-electron chi connectivity index (χ3n) is 5.96. The van der Waals surface area contributed by atoms with Crippen LogP contribution >= 0.6 is 0 Å². The normalized spacial score (nSPS) is 14.4. The first-order chi connectivity index (χ1) is 16.1. The lowest BCUT2D eigenvalue weighted by Crippen LogP contribution is -2.47. The predicted molar refractivity (Wildman–Crippen MR) is 126 cm³/mol. The Morgan fingerprint density at radius 1 is 0.879 bits per heavy atom. The minimum absolute atomic E-state index is 0.000748. The lowest BCUT2D eigenvalue weighted by Gasteiger charge is -2.32. The van der Waals surface area contributed by atoms with Gasteiger partial charge in [0.1, 0.15) is 6.33 Å². The van der Waals surface area contributed by atoms with Crippen LogP contribution < -0.4 is 4.74 Å². The van der Waals surface area contributed by atoms with E-state index in [9.17, 15) is 4.79 Å². The summed E-state index contributed by atoms with van der Waals surface area (Å²) in [4.78, 5) is 34.8. The van der Waals surface area contributed by atoms with Crippen LogP contribution in [0.15, 0.2) is 61.3 Å². The van der Waals surface area contributed by atoms with Crippen molar-refractivity contribution in [3.63, 3.8) is 0 Å². The summed E-state index contributed by atoms with van der Waals surface area (Å²) in [5.74, 6) is 0.567. The molecule has 0 N–H and O–H groups in total. The molecule has 0 radical (unpaired) electrons. The van der Waals surface area contributed by atoms with Crippen LogP contribution in [0.25, 0.3) is 33.3 Å². The zero-order chi connectivity index (χ0) is 22.8. The Morgan fingerprint density at radius 3 is 2.45 bits per heavy atom. The summed E-state index contributed by atoms with van der Waals surface area (Å²) in [6.07, 6.45) is 6.69. The summed E-state index contributed by atoms with van der Waals surface area (Å²) in [6.45, 7) is 3.18. The van der Waals surface area contributed by atoms with Gasteiger partial charge in [0.25, 0.3) is 5.91 Å². The number of ether oxygens (including phenoxy) is 1. The van der Waals surface area contributed by atoms with Crippen molar-refractivity contribution in [2.24, 2.45) is 0 Å². The highest BCUT2D eigenvalue weighted by molar-refractivity contribution is 5.98. The van der Waals surface area contributed by atoms with Gasteiger partial charge in [0, 0.05) is 67.3 Å². The molecule has 0 bridgehead atoms. The number of pyridine rings is 2.